The molecule has 1 N–H and O–H groups in total. The summed E-state index contributed by atoms with van der Waals surface area (Å²) in [4.78, 5) is 19.4. The molecule has 2 bridgehead atoms. The highest BCUT2D eigenvalue weighted by Gasteiger charge is 2.49. The van der Waals surface area contributed by atoms with Crippen LogP contribution in [0.5, 0.6) is 0 Å². The fourth-order valence-electron chi connectivity index (χ4n) is 2.78. The Labute approximate surface area is 115 Å². The van der Waals surface area contributed by atoms with E-state index in [-0.39, 0.29) is 18.7 Å². The number of urea groups is 1. The third-order valence-electron chi connectivity index (χ3n) is 3.62. The molecule has 0 saturated carbocycles. The van der Waals surface area contributed by atoms with Crippen molar-refractivity contribution in [1.29, 1.82) is 0 Å². The number of carbonyl (C=O) groups excluding carboxylic acids is 1. The Balaban J connectivity index is 2.04. The van der Waals surface area contributed by atoms with Gasteiger partial charge in [-0.15, -0.1) is 6.58 Å². The maximum atomic E-state index is 12.4. The smallest absolute Gasteiger partial charge is 0.345 e. The second-order valence-electron chi connectivity index (χ2n) is 4.68. The first kappa shape index (κ1) is 12.7. The van der Waals surface area contributed by atoms with Crippen LogP contribution in [0.1, 0.15) is 23.3 Å². The van der Waals surface area contributed by atoms with E-state index in [0.717, 1.165) is 11.3 Å². The molecule has 3 heterocycles. The predicted octanol–water partition coefficient (Wildman–Crippen LogP) is 0.831. The SMILES string of the molecule is C=CCON1C(=O)N2CC1c1cnn(C)c1C2C=NO. The lowest BCUT2D eigenvalue weighted by Crippen LogP contribution is -2.36. The lowest BCUT2D eigenvalue weighted by molar-refractivity contribution is -0.118. The maximum Gasteiger partial charge on any atom is 0.345 e. The average Bonchev–Trinajstić information content (AvgIpc) is 2.94. The lowest BCUT2D eigenvalue weighted by atomic mass is 9.99. The van der Waals surface area contributed by atoms with Crippen molar-refractivity contribution in [2.75, 3.05) is 13.2 Å². The summed E-state index contributed by atoms with van der Waals surface area (Å²) in [6.45, 7) is 4.31. The van der Waals surface area contributed by atoms with Crippen molar-refractivity contribution < 1.29 is 14.8 Å². The van der Waals surface area contributed by atoms with E-state index < -0.39 is 6.04 Å². The van der Waals surface area contributed by atoms with Gasteiger partial charge in [0.1, 0.15) is 12.1 Å². The fraction of sp³-hybridized carbons (Fsp3) is 0.417. The largest absolute Gasteiger partial charge is 0.411 e. The van der Waals surface area contributed by atoms with Crippen LogP contribution in [0.25, 0.3) is 0 Å². The number of hydroxylamine groups is 2. The first-order valence-corrected chi connectivity index (χ1v) is 6.22. The predicted molar refractivity (Wildman–Crippen MR) is 69.1 cm³/mol. The van der Waals surface area contributed by atoms with E-state index in [1.807, 2.05) is 0 Å². The molecule has 0 radical (unpaired) electrons. The summed E-state index contributed by atoms with van der Waals surface area (Å²) in [6, 6.07) is -0.893. The molecule has 20 heavy (non-hydrogen) atoms. The van der Waals surface area contributed by atoms with E-state index in [0.29, 0.717) is 6.54 Å². The number of oxime groups is 1. The molecule has 3 rings (SSSR count). The van der Waals surface area contributed by atoms with Gasteiger partial charge in [0.25, 0.3) is 0 Å². The quantitative estimate of drug-likeness (QED) is 0.382. The molecular formula is C12H15N5O3. The first-order chi connectivity index (χ1) is 9.69. The number of amides is 2. The molecule has 1 saturated heterocycles. The van der Waals surface area contributed by atoms with Crippen LogP contribution in [0.15, 0.2) is 24.0 Å². The van der Waals surface area contributed by atoms with Crippen molar-refractivity contribution in [1.82, 2.24) is 19.7 Å². The number of aromatic nitrogens is 2. The zero-order chi connectivity index (χ0) is 14.3. The van der Waals surface area contributed by atoms with Gasteiger partial charge in [-0.05, 0) is 0 Å². The zero-order valence-electron chi connectivity index (χ0n) is 11.0. The Bertz CT molecular complexity index is 582. The van der Waals surface area contributed by atoms with Crippen LogP contribution in [0.4, 0.5) is 4.79 Å². The minimum atomic E-state index is -0.441. The standard InChI is InChI=1S/C12H15N5O3/c1-3-4-20-17-10-7-16(12(17)18)9(6-14-19)11-8(10)5-13-15(11)2/h3,5-6,9-10,19H,1,4,7H2,2H3. The molecule has 2 atom stereocenters. The molecular weight excluding hydrogens is 262 g/mol. The van der Waals surface area contributed by atoms with Crippen LogP contribution < -0.4 is 0 Å². The van der Waals surface area contributed by atoms with Crippen molar-refractivity contribution in [3.05, 3.63) is 30.1 Å². The Morgan fingerprint density at radius 2 is 2.50 bits per heavy atom. The van der Waals surface area contributed by atoms with Crippen molar-refractivity contribution in [3.63, 3.8) is 0 Å². The van der Waals surface area contributed by atoms with Gasteiger partial charge in [0.15, 0.2) is 0 Å². The Morgan fingerprint density at radius 3 is 3.20 bits per heavy atom. The average molecular weight is 277 g/mol. The van der Waals surface area contributed by atoms with Gasteiger partial charge >= 0.3 is 6.03 Å². The molecule has 1 fully saturated rings. The van der Waals surface area contributed by atoms with Crippen molar-refractivity contribution in [3.8, 4) is 0 Å². The van der Waals surface area contributed by atoms with E-state index in [9.17, 15) is 4.79 Å². The van der Waals surface area contributed by atoms with Gasteiger partial charge in [-0.1, -0.05) is 11.2 Å². The number of aryl methyl sites for hydroxylation is 1. The molecule has 0 aliphatic carbocycles. The van der Waals surface area contributed by atoms with Crippen LogP contribution in [-0.4, -0.2) is 50.3 Å². The normalized spacial score (nSPS) is 24.6. The number of carbonyl (C=O) groups is 1. The molecule has 2 aliphatic heterocycles. The molecule has 1 aromatic heterocycles. The van der Waals surface area contributed by atoms with Crippen molar-refractivity contribution in [2.24, 2.45) is 12.2 Å². The molecule has 8 heteroatoms. The van der Waals surface area contributed by atoms with E-state index in [1.165, 1.54) is 11.3 Å². The summed E-state index contributed by atoms with van der Waals surface area (Å²) in [5, 5.41) is 17.5. The number of hydrogen-bond acceptors (Lipinski definition) is 5. The third-order valence-corrected chi connectivity index (χ3v) is 3.62. The topological polar surface area (TPSA) is 83.2 Å². The maximum absolute atomic E-state index is 12.4. The van der Waals surface area contributed by atoms with Crippen molar-refractivity contribution >= 4 is 12.2 Å². The van der Waals surface area contributed by atoms with Gasteiger partial charge in [0.2, 0.25) is 0 Å². The van der Waals surface area contributed by atoms with Crippen molar-refractivity contribution in [2.45, 2.75) is 12.1 Å². The Hall–Kier alpha value is -2.35. The number of nitrogens with zero attached hydrogens (tertiary/aromatic N) is 5. The summed E-state index contributed by atoms with van der Waals surface area (Å²) in [6.07, 6.45) is 4.63. The van der Waals surface area contributed by atoms with E-state index in [1.54, 1.807) is 28.9 Å². The van der Waals surface area contributed by atoms with Gasteiger partial charge in [-0.3, -0.25) is 9.52 Å². The van der Waals surface area contributed by atoms with Crippen LogP contribution in [-0.2, 0) is 11.9 Å². The first-order valence-electron chi connectivity index (χ1n) is 6.22. The second kappa shape index (κ2) is 4.64. The molecule has 2 amide bonds. The summed E-state index contributed by atoms with van der Waals surface area (Å²) < 4.78 is 1.69. The number of rotatable bonds is 4. The highest BCUT2D eigenvalue weighted by molar-refractivity contribution is 5.83. The summed E-state index contributed by atoms with van der Waals surface area (Å²) in [7, 11) is 1.79. The Kier molecular flexibility index (Phi) is 2.94. The molecule has 2 aliphatic rings. The molecule has 1 aromatic rings. The van der Waals surface area contributed by atoms with E-state index in [2.05, 4.69) is 16.8 Å². The third kappa shape index (κ3) is 1.61. The Morgan fingerprint density at radius 1 is 1.70 bits per heavy atom. The van der Waals surface area contributed by atoms with Gasteiger partial charge in [0, 0.05) is 12.6 Å². The molecule has 0 aromatic carbocycles. The zero-order valence-corrected chi connectivity index (χ0v) is 11.0. The lowest BCUT2D eigenvalue weighted by Gasteiger charge is -2.28. The van der Waals surface area contributed by atoms with Gasteiger partial charge < -0.3 is 10.1 Å². The van der Waals surface area contributed by atoms with Crippen LogP contribution >= 0.6 is 0 Å². The minimum Gasteiger partial charge on any atom is -0.411 e. The van der Waals surface area contributed by atoms with E-state index >= 15 is 0 Å². The second-order valence-corrected chi connectivity index (χ2v) is 4.68. The van der Waals surface area contributed by atoms with Gasteiger partial charge in [-0.25, -0.2) is 4.79 Å². The minimum absolute atomic E-state index is 0.200. The molecule has 8 nitrogen and oxygen atoms in total. The summed E-state index contributed by atoms with van der Waals surface area (Å²) in [5.74, 6) is 0. The van der Waals surface area contributed by atoms with E-state index in [4.69, 9.17) is 10.0 Å². The summed E-state index contributed by atoms with van der Waals surface area (Å²) >= 11 is 0. The highest BCUT2D eigenvalue weighted by atomic mass is 16.7. The van der Waals surface area contributed by atoms with Crippen LogP contribution in [0.3, 0.4) is 0 Å². The molecule has 0 spiro atoms. The number of hydrogen-bond donors (Lipinski definition) is 1. The summed E-state index contributed by atoms with van der Waals surface area (Å²) in [5.41, 5.74) is 1.74. The number of fused-ring (bicyclic) bond motifs is 4. The molecule has 106 valence electrons. The highest BCUT2D eigenvalue weighted by Crippen LogP contribution is 2.42. The fourth-order valence-corrected chi connectivity index (χ4v) is 2.78. The van der Waals surface area contributed by atoms with Gasteiger partial charge in [0.05, 0.1) is 31.3 Å². The monoisotopic (exact) mass is 277 g/mol. The van der Waals surface area contributed by atoms with Crippen LogP contribution in [0.2, 0.25) is 0 Å². The van der Waals surface area contributed by atoms with Crippen LogP contribution in [0, 0.1) is 0 Å². The molecule has 2 unspecified atom stereocenters. The van der Waals surface area contributed by atoms with Gasteiger partial charge in [-0.2, -0.15) is 10.2 Å².